The first-order valence-corrected chi connectivity index (χ1v) is 27.8. The average molecular weight is 1560 g/mol. The molecule has 9 nitrogen and oxygen atoms in total. The van der Waals surface area contributed by atoms with Crippen LogP contribution < -0.4 is 28.4 Å². The van der Waals surface area contributed by atoms with E-state index in [0.717, 1.165) is 83.4 Å². The molecule has 16 heteroatoms. The standard InChI is InChI=1S/C48H43I6O9S/c1-4-55-26-61-46-38(49)15-29(16-39(46)50)23-58-32-7-11-35(12-8-32)64-44-13-9-33(59-24-30-17-40(51)47(41(52)18-30)62-27-56-5-2)21-36(44)37-22-34(10-14-45(37)64)60-25-31-19-42(53)48(43(54)20-31)63-28-57-6-3/h7-22H,4-6,23-28H2,1-3H3/q+1. The Kier molecular flexibility index (Phi) is 19.5. The molecule has 0 saturated carbocycles. The third-order valence-electron chi connectivity index (χ3n) is 9.55. The Bertz CT molecular complexity index is 2510. The minimum Gasteiger partial charge on any atom is -0.489 e. The summed E-state index contributed by atoms with van der Waals surface area (Å²) in [6.45, 7) is 9.60. The summed E-state index contributed by atoms with van der Waals surface area (Å²) in [7, 11) is -0.368. The molecule has 0 aliphatic rings. The van der Waals surface area contributed by atoms with Gasteiger partial charge in [0.25, 0.3) is 0 Å². The monoisotopic (exact) mass is 1560 g/mol. The molecule has 6 aromatic carbocycles. The predicted octanol–water partition coefficient (Wildman–Crippen LogP) is 15.2. The molecule has 0 aliphatic carbocycles. The van der Waals surface area contributed by atoms with Gasteiger partial charge in [-0.15, -0.1) is 0 Å². The van der Waals surface area contributed by atoms with Gasteiger partial charge >= 0.3 is 0 Å². The van der Waals surface area contributed by atoms with Gasteiger partial charge in [-0.2, -0.15) is 0 Å². The Balaban J connectivity index is 1.15. The van der Waals surface area contributed by atoms with E-state index < -0.39 is 0 Å². The summed E-state index contributed by atoms with van der Waals surface area (Å²) < 4.78 is 61.7. The number of rotatable bonds is 22. The van der Waals surface area contributed by atoms with Gasteiger partial charge in [0.05, 0.1) is 32.2 Å². The quantitative estimate of drug-likeness (QED) is 0.0285. The molecule has 336 valence electrons. The second-order valence-corrected chi connectivity index (χ2v) is 22.8. The highest BCUT2D eigenvalue weighted by molar-refractivity contribution is 14.1. The number of ether oxygens (including phenoxy) is 9. The van der Waals surface area contributed by atoms with E-state index in [1.807, 2.05) is 20.8 Å². The van der Waals surface area contributed by atoms with Gasteiger partial charge in [0, 0.05) is 54.6 Å². The van der Waals surface area contributed by atoms with E-state index in [2.05, 4.69) is 233 Å². The maximum atomic E-state index is 6.49. The molecule has 0 saturated heterocycles. The maximum Gasteiger partial charge on any atom is 0.189 e. The van der Waals surface area contributed by atoms with E-state index in [4.69, 9.17) is 42.6 Å². The van der Waals surface area contributed by atoms with Gasteiger partial charge in [0.2, 0.25) is 0 Å². The lowest BCUT2D eigenvalue weighted by Gasteiger charge is -2.13. The molecule has 7 rings (SSSR count). The number of thiophene rings is 1. The molecule has 0 radical (unpaired) electrons. The molecular formula is C48H43I6O9S+. The Labute approximate surface area is 458 Å². The lowest BCUT2D eigenvalue weighted by Crippen LogP contribution is -2.05. The van der Waals surface area contributed by atoms with Gasteiger partial charge in [-0.25, -0.2) is 0 Å². The third-order valence-corrected chi connectivity index (χ3v) is 16.7. The number of fused-ring (bicyclic) bond motifs is 3. The van der Waals surface area contributed by atoms with Gasteiger partial charge < -0.3 is 42.6 Å². The summed E-state index contributed by atoms with van der Waals surface area (Å²) >= 11 is 13.9. The molecule has 0 N–H and O–H groups in total. The zero-order valence-electron chi connectivity index (χ0n) is 35.0. The van der Waals surface area contributed by atoms with Crippen LogP contribution in [0.1, 0.15) is 37.5 Å². The fraction of sp³-hybridized carbons (Fsp3) is 0.250. The summed E-state index contributed by atoms with van der Waals surface area (Å²) in [5.74, 6) is 4.87. The van der Waals surface area contributed by atoms with Gasteiger partial charge in [-0.05, 0) is 246 Å². The molecular weight excluding hydrogens is 1510 g/mol. The summed E-state index contributed by atoms with van der Waals surface area (Å²) in [4.78, 5) is 1.20. The largest absolute Gasteiger partial charge is 0.489 e. The van der Waals surface area contributed by atoms with Gasteiger partial charge in [0.15, 0.2) is 34.7 Å². The van der Waals surface area contributed by atoms with Gasteiger partial charge in [-0.1, -0.05) is 0 Å². The van der Waals surface area contributed by atoms with Crippen LogP contribution in [0.3, 0.4) is 0 Å². The molecule has 1 heterocycles. The van der Waals surface area contributed by atoms with Crippen LogP contribution in [0.15, 0.2) is 97.1 Å². The first-order chi connectivity index (χ1) is 31.1. The molecule has 0 fully saturated rings. The topological polar surface area (TPSA) is 83.1 Å². The van der Waals surface area contributed by atoms with E-state index in [1.54, 1.807) is 0 Å². The van der Waals surface area contributed by atoms with E-state index >= 15 is 0 Å². The molecule has 64 heavy (non-hydrogen) atoms. The first kappa shape index (κ1) is 50.5. The molecule has 0 amide bonds. The van der Waals surface area contributed by atoms with Crippen molar-refractivity contribution in [1.82, 2.24) is 0 Å². The van der Waals surface area contributed by atoms with Crippen LogP contribution in [0.5, 0.6) is 34.5 Å². The normalized spacial score (nSPS) is 11.3. The molecule has 0 aliphatic heterocycles. The number of hydrogen-bond acceptors (Lipinski definition) is 9. The van der Waals surface area contributed by atoms with Crippen molar-refractivity contribution in [3.63, 3.8) is 0 Å². The highest BCUT2D eigenvalue weighted by atomic mass is 127. The molecule has 0 spiro atoms. The van der Waals surface area contributed by atoms with Crippen LogP contribution in [0.4, 0.5) is 0 Å². The Morgan fingerprint density at radius 3 is 1.02 bits per heavy atom. The number of halogens is 6. The Hall–Kier alpha value is -1.40. The van der Waals surface area contributed by atoms with Crippen molar-refractivity contribution in [3.8, 4) is 39.4 Å². The summed E-state index contributed by atoms with van der Waals surface area (Å²) in [5.41, 5.74) is 3.18. The summed E-state index contributed by atoms with van der Waals surface area (Å²) in [5, 5.41) is 2.26. The minimum atomic E-state index is -0.368. The molecule has 0 bridgehead atoms. The highest BCUT2D eigenvalue weighted by Crippen LogP contribution is 2.50. The van der Waals surface area contributed by atoms with Crippen molar-refractivity contribution in [1.29, 1.82) is 0 Å². The molecule has 0 atom stereocenters. The van der Waals surface area contributed by atoms with Crippen molar-refractivity contribution in [3.05, 3.63) is 135 Å². The molecule has 7 aromatic rings. The second kappa shape index (κ2) is 24.8. The van der Waals surface area contributed by atoms with Crippen LogP contribution >= 0.6 is 146 Å². The smallest absolute Gasteiger partial charge is 0.189 e. The van der Waals surface area contributed by atoms with Crippen LogP contribution in [0.25, 0.3) is 25.1 Å². The maximum absolute atomic E-state index is 6.49. The average Bonchev–Trinajstić information content (AvgIpc) is 3.60. The Morgan fingerprint density at radius 1 is 0.375 bits per heavy atom. The van der Waals surface area contributed by atoms with E-state index in [1.165, 1.54) is 14.3 Å². The van der Waals surface area contributed by atoms with Crippen LogP contribution in [-0.4, -0.2) is 40.2 Å². The molecule has 1 aromatic heterocycles. The zero-order valence-corrected chi connectivity index (χ0v) is 48.7. The van der Waals surface area contributed by atoms with Crippen LogP contribution in [0, 0.1) is 21.4 Å². The highest BCUT2D eigenvalue weighted by Gasteiger charge is 2.25. The lowest BCUT2D eigenvalue weighted by atomic mass is 10.1. The van der Waals surface area contributed by atoms with Crippen LogP contribution in [-0.2, 0) is 34.0 Å². The van der Waals surface area contributed by atoms with Crippen molar-refractivity contribution in [2.45, 2.75) is 40.6 Å². The van der Waals surface area contributed by atoms with E-state index in [9.17, 15) is 0 Å². The van der Waals surface area contributed by atoms with E-state index in [-0.39, 0.29) is 30.8 Å². The minimum absolute atomic E-state index is 0.221. The number of hydrogen-bond donors (Lipinski definition) is 0. The van der Waals surface area contributed by atoms with Gasteiger partial charge in [-0.3, -0.25) is 0 Å². The SMILES string of the molecule is CCOCOc1c(I)cc(COc2ccc(-[s+]3c4ccc(OCc5cc(I)c(OCOCC)c(I)c5)cc4c4cc(OCc5cc(I)c(OCOCC)c(I)c5)ccc43)cc2)cc1I. The fourth-order valence-electron chi connectivity index (χ4n) is 6.57. The van der Waals surface area contributed by atoms with Crippen molar-refractivity contribution < 1.29 is 42.6 Å². The van der Waals surface area contributed by atoms with Crippen LogP contribution in [0.2, 0.25) is 0 Å². The second-order valence-electron chi connectivity index (χ2n) is 13.9. The van der Waals surface area contributed by atoms with Crippen molar-refractivity contribution in [2.24, 2.45) is 0 Å². The molecule has 0 unspecified atom stereocenters. The van der Waals surface area contributed by atoms with Crippen molar-refractivity contribution in [2.75, 3.05) is 40.2 Å². The van der Waals surface area contributed by atoms with E-state index in [0.29, 0.717) is 39.6 Å². The van der Waals surface area contributed by atoms with Gasteiger partial charge in [0.1, 0.15) is 54.3 Å². The lowest BCUT2D eigenvalue weighted by molar-refractivity contribution is 0.0211. The first-order valence-electron chi connectivity index (χ1n) is 20.1. The Morgan fingerprint density at radius 2 is 0.688 bits per heavy atom. The summed E-state index contributed by atoms with van der Waals surface area (Å²) in [6.07, 6.45) is 0. The fourth-order valence-corrected chi connectivity index (χ4v) is 15.5. The third kappa shape index (κ3) is 13.0. The predicted molar refractivity (Wildman–Crippen MR) is 305 cm³/mol. The zero-order chi connectivity index (χ0) is 45.2. The summed E-state index contributed by atoms with van der Waals surface area (Å²) in [6, 6.07) is 34.0. The van der Waals surface area contributed by atoms with Crippen molar-refractivity contribution >= 4 is 166 Å². The number of benzene rings is 6.